The topological polar surface area (TPSA) is 87.1 Å². The van der Waals surface area contributed by atoms with Gasteiger partial charge < -0.3 is 19.8 Å². The van der Waals surface area contributed by atoms with Crippen molar-refractivity contribution >= 4 is 17.6 Å². The first kappa shape index (κ1) is 21.9. The maximum absolute atomic E-state index is 14.6. The summed E-state index contributed by atoms with van der Waals surface area (Å²) in [5, 5.41) is 18.7. The predicted octanol–water partition coefficient (Wildman–Crippen LogP) is 4.20. The van der Waals surface area contributed by atoms with Crippen LogP contribution in [-0.4, -0.2) is 28.7 Å². The van der Waals surface area contributed by atoms with Crippen molar-refractivity contribution < 1.29 is 33.3 Å². The molecule has 0 heterocycles. The van der Waals surface area contributed by atoms with Gasteiger partial charge in [-0.05, 0) is 31.0 Å². The Hall–Kier alpha value is -3.42. The van der Waals surface area contributed by atoms with E-state index in [1.807, 2.05) is 0 Å². The maximum Gasteiger partial charge on any atom is 0.344 e. The summed E-state index contributed by atoms with van der Waals surface area (Å²) in [7, 11) is 0. The highest BCUT2D eigenvalue weighted by Gasteiger charge is 2.28. The molecule has 0 fully saturated rings. The molecule has 2 rings (SSSR count). The van der Waals surface area contributed by atoms with Gasteiger partial charge in [0.1, 0.15) is 6.61 Å². The Labute approximate surface area is 166 Å². The maximum atomic E-state index is 14.6. The zero-order chi connectivity index (χ0) is 21.6. The second kappa shape index (κ2) is 9.68. The number of allylic oxidation sites excluding steroid dienone is 1. The Balaban J connectivity index is 2.58. The molecule has 0 aliphatic heterocycles. The lowest BCUT2D eigenvalue weighted by Gasteiger charge is -2.28. The van der Waals surface area contributed by atoms with Gasteiger partial charge in [0.2, 0.25) is 5.82 Å². The minimum atomic E-state index is -1.62. The van der Waals surface area contributed by atoms with Crippen molar-refractivity contribution in [3.63, 3.8) is 0 Å². The molecule has 0 aliphatic carbocycles. The van der Waals surface area contributed by atoms with Gasteiger partial charge in [-0.15, -0.1) is 0 Å². The number of halogens is 2. The fraction of sp³-hybridized carbons (Fsp3) is 0.238. The summed E-state index contributed by atoms with van der Waals surface area (Å²) in [6.07, 6.45) is 0.0406. The van der Waals surface area contributed by atoms with E-state index in [0.717, 1.165) is 6.07 Å². The van der Waals surface area contributed by atoms with Crippen molar-refractivity contribution in [2.45, 2.75) is 26.9 Å². The van der Waals surface area contributed by atoms with E-state index in [-0.39, 0.29) is 31.0 Å². The molecule has 0 atom stereocenters. The largest absolute Gasteiger partial charge is 0.484 e. The first-order valence-electron chi connectivity index (χ1n) is 8.93. The molecule has 2 N–H and O–H groups in total. The van der Waals surface area contributed by atoms with Gasteiger partial charge in [-0.1, -0.05) is 37.3 Å². The molecule has 8 heteroatoms. The number of hydrogen-bond acceptors (Lipinski definition) is 4. The monoisotopic (exact) mass is 405 g/mol. The fourth-order valence-electron chi connectivity index (χ4n) is 2.95. The van der Waals surface area contributed by atoms with E-state index in [1.165, 1.54) is 11.0 Å². The van der Waals surface area contributed by atoms with Gasteiger partial charge in [0, 0.05) is 12.2 Å². The standard InChI is InChI=1S/C21H21F2NO5/c1-3-15(17(20(25)26)21(27)28)24(4-2)16-11-10-14(22)18(23)19(16)29-12-13-8-6-5-7-9-13/h5-11H,3-4,12H2,1-2H3,(H,25,26)(H,27,28). The molecule has 0 saturated heterocycles. The molecule has 29 heavy (non-hydrogen) atoms. The van der Waals surface area contributed by atoms with Gasteiger partial charge in [-0.25, -0.2) is 14.0 Å². The van der Waals surface area contributed by atoms with Crippen LogP contribution in [-0.2, 0) is 16.2 Å². The van der Waals surface area contributed by atoms with Crippen molar-refractivity contribution in [2.75, 3.05) is 11.4 Å². The van der Waals surface area contributed by atoms with E-state index >= 15 is 0 Å². The number of rotatable bonds is 9. The second-order valence-electron chi connectivity index (χ2n) is 6.01. The number of carboxylic acids is 2. The summed E-state index contributed by atoms with van der Waals surface area (Å²) >= 11 is 0. The first-order chi connectivity index (χ1) is 13.8. The number of aliphatic carboxylic acids is 2. The predicted molar refractivity (Wildman–Crippen MR) is 103 cm³/mol. The summed E-state index contributed by atoms with van der Waals surface area (Å²) in [6.45, 7) is 3.27. The Morgan fingerprint density at radius 2 is 1.62 bits per heavy atom. The third-order valence-electron chi connectivity index (χ3n) is 4.24. The number of hydrogen-bond donors (Lipinski definition) is 2. The van der Waals surface area contributed by atoms with Gasteiger partial charge in [-0.3, -0.25) is 0 Å². The molecule has 2 aromatic carbocycles. The summed E-state index contributed by atoms with van der Waals surface area (Å²) < 4.78 is 34.0. The summed E-state index contributed by atoms with van der Waals surface area (Å²) in [5.74, 6) is -6.04. The second-order valence-corrected chi connectivity index (χ2v) is 6.01. The average Bonchev–Trinajstić information content (AvgIpc) is 2.69. The van der Waals surface area contributed by atoms with Crippen LogP contribution in [0.5, 0.6) is 5.75 Å². The first-order valence-corrected chi connectivity index (χ1v) is 8.93. The van der Waals surface area contributed by atoms with E-state index in [4.69, 9.17) is 4.74 Å². The molecule has 0 saturated carbocycles. The number of carbonyl (C=O) groups is 2. The molecule has 6 nitrogen and oxygen atoms in total. The van der Waals surface area contributed by atoms with Crippen LogP contribution in [0, 0.1) is 11.6 Å². The van der Waals surface area contributed by atoms with E-state index < -0.39 is 34.9 Å². The number of nitrogens with zero attached hydrogens (tertiary/aromatic N) is 1. The number of ether oxygens (including phenoxy) is 1. The lowest BCUT2D eigenvalue weighted by molar-refractivity contribution is -0.140. The minimum absolute atomic E-state index is 0.0406. The number of anilines is 1. The van der Waals surface area contributed by atoms with Crippen LogP contribution < -0.4 is 9.64 Å². The van der Waals surface area contributed by atoms with Crippen LogP contribution in [0.4, 0.5) is 14.5 Å². The Kier molecular flexibility index (Phi) is 7.30. The highest BCUT2D eigenvalue weighted by atomic mass is 19.2. The third-order valence-corrected chi connectivity index (χ3v) is 4.24. The normalized spacial score (nSPS) is 10.3. The molecule has 0 spiro atoms. The molecule has 0 radical (unpaired) electrons. The van der Waals surface area contributed by atoms with Crippen LogP contribution in [0.2, 0.25) is 0 Å². The molecular weight excluding hydrogens is 384 g/mol. The number of carboxylic acid groups (broad SMARTS) is 2. The number of benzene rings is 2. The van der Waals surface area contributed by atoms with E-state index in [2.05, 4.69) is 0 Å². The summed E-state index contributed by atoms with van der Waals surface area (Å²) in [4.78, 5) is 24.3. The minimum Gasteiger partial charge on any atom is -0.484 e. The SMILES string of the molecule is CCC(=C(C(=O)O)C(=O)O)N(CC)c1ccc(F)c(F)c1OCc1ccccc1. The molecule has 154 valence electrons. The van der Waals surface area contributed by atoms with E-state index in [9.17, 15) is 28.6 Å². The molecule has 2 aromatic rings. The van der Waals surface area contributed by atoms with E-state index in [0.29, 0.717) is 5.56 Å². The van der Waals surface area contributed by atoms with Gasteiger partial charge in [0.25, 0.3) is 0 Å². The van der Waals surface area contributed by atoms with Crippen molar-refractivity contribution in [1.82, 2.24) is 0 Å². The van der Waals surface area contributed by atoms with Gasteiger partial charge >= 0.3 is 11.9 Å². The highest BCUT2D eigenvalue weighted by molar-refractivity contribution is 6.13. The average molecular weight is 405 g/mol. The highest BCUT2D eigenvalue weighted by Crippen LogP contribution is 2.36. The van der Waals surface area contributed by atoms with Crippen LogP contribution in [0.25, 0.3) is 0 Å². The van der Waals surface area contributed by atoms with Crippen molar-refractivity contribution in [3.8, 4) is 5.75 Å². The van der Waals surface area contributed by atoms with E-state index in [1.54, 1.807) is 44.2 Å². The van der Waals surface area contributed by atoms with Crippen LogP contribution in [0.15, 0.2) is 53.7 Å². The fourth-order valence-corrected chi connectivity index (χ4v) is 2.95. The van der Waals surface area contributed by atoms with Crippen LogP contribution in [0.3, 0.4) is 0 Å². The molecular formula is C21H21F2NO5. The molecule has 0 bridgehead atoms. The Morgan fingerprint density at radius 1 is 1.00 bits per heavy atom. The quantitative estimate of drug-likeness (QED) is 0.369. The molecule has 0 amide bonds. The zero-order valence-corrected chi connectivity index (χ0v) is 16.0. The van der Waals surface area contributed by atoms with Gasteiger partial charge in [-0.2, -0.15) is 4.39 Å². The summed E-state index contributed by atoms with van der Waals surface area (Å²) in [5.41, 5.74) is -0.136. The van der Waals surface area contributed by atoms with Crippen molar-refractivity contribution in [1.29, 1.82) is 0 Å². The zero-order valence-electron chi connectivity index (χ0n) is 16.0. The Morgan fingerprint density at radius 3 is 2.14 bits per heavy atom. The lowest BCUT2D eigenvalue weighted by Crippen LogP contribution is -2.28. The van der Waals surface area contributed by atoms with Crippen LogP contribution >= 0.6 is 0 Å². The molecule has 0 aromatic heterocycles. The van der Waals surface area contributed by atoms with Gasteiger partial charge in [0.15, 0.2) is 17.1 Å². The smallest absolute Gasteiger partial charge is 0.344 e. The summed E-state index contributed by atoms with van der Waals surface area (Å²) in [6, 6.07) is 11.0. The lowest BCUT2D eigenvalue weighted by atomic mass is 10.1. The van der Waals surface area contributed by atoms with Crippen LogP contribution in [0.1, 0.15) is 25.8 Å². The Bertz CT molecular complexity index is 912. The van der Waals surface area contributed by atoms with Gasteiger partial charge in [0.05, 0.1) is 5.69 Å². The third kappa shape index (κ3) is 4.90. The van der Waals surface area contributed by atoms with Crippen molar-refractivity contribution in [3.05, 3.63) is 70.9 Å². The van der Waals surface area contributed by atoms with Crippen molar-refractivity contribution in [2.24, 2.45) is 0 Å². The molecule has 0 unspecified atom stereocenters. The molecule has 0 aliphatic rings.